The van der Waals surface area contributed by atoms with Gasteiger partial charge in [0, 0.05) is 24.7 Å². The van der Waals surface area contributed by atoms with Crippen LogP contribution in [0.2, 0.25) is 0 Å². The smallest absolute Gasteiger partial charge is 0.264 e. The van der Waals surface area contributed by atoms with Gasteiger partial charge in [-0.15, -0.1) is 0 Å². The SMILES string of the molecule is COc1cccc(S(=O)(=O)N2CCc3cccc(NCc4ccc(C(=O)Nc5ccccc5N)cc4)c32)c1. The van der Waals surface area contributed by atoms with Gasteiger partial charge >= 0.3 is 0 Å². The van der Waals surface area contributed by atoms with Gasteiger partial charge in [-0.3, -0.25) is 9.10 Å². The number of ether oxygens (including phenoxy) is 1. The number of nitrogens with one attached hydrogen (secondary N) is 2. The molecule has 0 saturated heterocycles. The normalized spacial score (nSPS) is 12.6. The minimum absolute atomic E-state index is 0.186. The van der Waals surface area contributed by atoms with E-state index in [1.807, 2.05) is 42.5 Å². The molecule has 0 atom stereocenters. The van der Waals surface area contributed by atoms with Crippen molar-refractivity contribution in [3.8, 4) is 5.75 Å². The first-order valence-electron chi connectivity index (χ1n) is 12.1. The van der Waals surface area contributed by atoms with Gasteiger partial charge in [0.25, 0.3) is 15.9 Å². The summed E-state index contributed by atoms with van der Waals surface area (Å²) in [6, 6.07) is 26.6. The van der Waals surface area contributed by atoms with Gasteiger partial charge in [0.2, 0.25) is 0 Å². The topological polar surface area (TPSA) is 114 Å². The summed E-state index contributed by atoms with van der Waals surface area (Å²) in [6.07, 6.45) is 0.629. The molecular formula is C29H28N4O4S. The molecule has 5 rings (SSSR count). The van der Waals surface area contributed by atoms with Gasteiger partial charge < -0.3 is 21.1 Å². The fourth-order valence-corrected chi connectivity index (χ4v) is 6.03. The number of rotatable bonds is 8. The van der Waals surface area contributed by atoms with Crippen LogP contribution in [0.1, 0.15) is 21.5 Å². The lowest BCUT2D eigenvalue weighted by atomic mass is 10.1. The van der Waals surface area contributed by atoms with Crippen LogP contribution in [0, 0.1) is 0 Å². The van der Waals surface area contributed by atoms with E-state index in [-0.39, 0.29) is 10.8 Å². The van der Waals surface area contributed by atoms with Gasteiger partial charge in [-0.25, -0.2) is 8.42 Å². The largest absolute Gasteiger partial charge is 0.497 e. The molecule has 194 valence electrons. The van der Waals surface area contributed by atoms with E-state index in [1.165, 1.54) is 17.5 Å². The standard InChI is InChI=1S/C29H28N4O4S/c1-37-23-7-5-8-24(18-23)38(35,36)33-17-16-21-6-4-11-27(28(21)33)31-19-20-12-14-22(15-13-20)29(34)32-26-10-3-2-9-25(26)30/h2-15,18,31H,16-17,19,30H2,1H3,(H,32,34). The molecule has 0 unspecified atom stereocenters. The van der Waals surface area contributed by atoms with Crippen molar-refractivity contribution in [2.45, 2.75) is 17.9 Å². The van der Waals surface area contributed by atoms with E-state index in [4.69, 9.17) is 10.5 Å². The van der Waals surface area contributed by atoms with Crippen molar-refractivity contribution in [2.24, 2.45) is 0 Å². The zero-order chi connectivity index (χ0) is 26.7. The zero-order valence-corrected chi connectivity index (χ0v) is 21.7. The first-order valence-corrected chi connectivity index (χ1v) is 13.6. The maximum atomic E-state index is 13.5. The molecule has 9 heteroatoms. The number of nitrogens with two attached hydrogens (primary N) is 1. The Hall–Kier alpha value is -4.50. The molecule has 0 saturated carbocycles. The molecule has 0 spiro atoms. The third-order valence-electron chi connectivity index (χ3n) is 6.49. The van der Waals surface area contributed by atoms with E-state index in [9.17, 15) is 13.2 Å². The minimum atomic E-state index is -3.77. The molecule has 0 fully saturated rings. The number of nitrogens with zero attached hydrogens (tertiary/aromatic N) is 1. The van der Waals surface area contributed by atoms with E-state index >= 15 is 0 Å². The van der Waals surface area contributed by atoms with Crippen molar-refractivity contribution in [1.82, 2.24) is 0 Å². The highest BCUT2D eigenvalue weighted by Gasteiger charge is 2.33. The predicted molar refractivity (Wildman–Crippen MR) is 150 cm³/mol. The van der Waals surface area contributed by atoms with Crippen LogP contribution in [0.25, 0.3) is 0 Å². The van der Waals surface area contributed by atoms with Crippen LogP contribution in [0.3, 0.4) is 0 Å². The van der Waals surface area contributed by atoms with Crippen molar-refractivity contribution in [2.75, 3.05) is 34.3 Å². The van der Waals surface area contributed by atoms with Crippen LogP contribution < -0.4 is 25.4 Å². The molecular weight excluding hydrogens is 500 g/mol. The molecule has 0 aliphatic carbocycles. The lowest BCUT2D eigenvalue weighted by Crippen LogP contribution is -2.29. The first kappa shape index (κ1) is 25.2. The van der Waals surface area contributed by atoms with Crippen molar-refractivity contribution in [3.63, 3.8) is 0 Å². The van der Waals surface area contributed by atoms with Gasteiger partial charge in [-0.2, -0.15) is 0 Å². The van der Waals surface area contributed by atoms with Gasteiger partial charge in [0.15, 0.2) is 0 Å². The van der Waals surface area contributed by atoms with Crippen molar-refractivity contribution < 1.29 is 17.9 Å². The quantitative estimate of drug-likeness (QED) is 0.281. The second-order valence-corrected chi connectivity index (χ2v) is 10.8. The number of carbonyl (C=O) groups is 1. The van der Waals surface area contributed by atoms with E-state index < -0.39 is 10.0 Å². The number of hydrogen-bond acceptors (Lipinski definition) is 6. The zero-order valence-electron chi connectivity index (χ0n) is 20.8. The average Bonchev–Trinajstić information content (AvgIpc) is 3.39. The Labute approximate surface area is 222 Å². The van der Waals surface area contributed by atoms with E-state index in [0.29, 0.717) is 47.9 Å². The molecule has 4 aromatic carbocycles. The Kier molecular flexibility index (Phi) is 6.93. The number of methoxy groups -OCH3 is 1. The lowest BCUT2D eigenvalue weighted by Gasteiger charge is -2.23. The summed E-state index contributed by atoms with van der Waals surface area (Å²) < 4.78 is 33.8. The summed E-state index contributed by atoms with van der Waals surface area (Å²) in [5, 5.41) is 6.21. The second-order valence-electron chi connectivity index (χ2n) is 8.91. The Bertz CT molecular complexity index is 1590. The molecule has 4 aromatic rings. The number of anilines is 4. The Morgan fingerprint density at radius 2 is 1.68 bits per heavy atom. The fourth-order valence-electron chi connectivity index (χ4n) is 4.47. The first-order chi connectivity index (χ1) is 18.4. The second kappa shape index (κ2) is 10.5. The van der Waals surface area contributed by atoms with Crippen LogP contribution in [-0.2, 0) is 23.0 Å². The number of hydrogen-bond donors (Lipinski definition) is 3. The summed E-state index contributed by atoms with van der Waals surface area (Å²) in [7, 11) is -2.26. The van der Waals surface area contributed by atoms with Gasteiger partial charge in [-0.1, -0.05) is 42.5 Å². The Morgan fingerprint density at radius 1 is 0.947 bits per heavy atom. The number of para-hydroxylation sites is 3. The van der Waals surface area contributed by atoms with Crippen LogP contribution in [0.4, 0.5) is 22.7 Å². The highest BCUT2D eigenvalue weighted by Crippen LogP contribution is 2.39. The van der Waals surface area contributed by atoms with Crippen molar-refractivity contribution in [1.29, 1.82) is 0 Å². The van der Waals surface area contributed by atoms with Gasteiger partial charge in [0.05, 0.1) is 34.8 Å². The molecule has 0 aromatic heterocycles. The Balaban J connectivity index is 1.32. The molecule has 1 heterocycles. The highest BCUT2D eigenvalue weighted by atomic mass is 32.2. The molecule has 1 amide bonds. The number of fused-ring (bicyclic) bond motifs is 1. The molecule has 8 nitrogen and oxygen atoms in total. The number of sulfonamides is 1. The fraction of sp³-hybridized carbons (Fsp3) is 0.138. The summed E-state index contributed by atoms with van der Waals surface area (Å²) in [5.74, 6) is 0.239. The molecule has 4 N–H and O–H groups in total. The predicted octanol–water partition coefficient (Wildman–Crippen LogP) is 4.89. The third-order valence-corrected chi connectivity index (χ3v) is 8.29. The molecule has 1 aliphatic heterocycles. The van der Waals surface area contributed by atoms with Crippen LogP contribution in [0.15, 0.2) is 95.9 Å². The summed E-state index contributed by atoms with van der Waals surface area (Å²) in [4.78, 5) is 12.8. The maximum Gasteiger partial charge on any atom is 0.264 e. The minimum Gasteiger partial charge on any atom is -0.497 e. The van der Waals surface area contributed by atoms with E-state index in [1.54, 1.807) is 42.5 Å². The average molecular weight is 529 g/mol. The monoisotopic (exact) mass is 528 g/mol. The molecule has 0 radical (unpaired) electrons. The molecule has 1 aliphatic rings. The summed E-state index contributed by atoms with van der Waals surface area (Å²) >= 11 is 0. The maximum absolute atomic E-state index is 13.5. The molecule has 38 heavy (non-hydrogen) atoms. The summed E-state index contributed by atoms with van der Waals surface area (Å²) in [5.41, 5.74) is 10.8. The third kappa shape index (κ3) is 5.01. The number of carbonyl (C=O) groups excluding carboxylic acids is 1. The van der Waals surface area contributed by atoms with Gasteiger partial charge in [0.1, 0.15) is 5.75 Å². The number of nitrogen functional groups attached to an aromatic ring is 1. The van der Waals surface area contributed by atoms with Crippen molar-refractivity contribution >= 4 is 38.7 Å². The van der Waals surface area contributed by atoms with E-state index in [2.05, 4.69) is 10.6 Å². The number of benzene rings is 4. The van der Waals surface area contributed by atoms with Crippen molar-refractivity contribution in [3.05, 3.63) is 108 Å². The Morgan fingerprint density at radius 3 is 2.45 bits per heavy atom. The highest BCUT2D eigenvalue weighted by molar-refractivity contribution is 7.92. The van der Waals surface area contributed by atoms with Gasteiger partial charge in [-0.05, 0) is 60.0 Å². The lowest BCUT2D eigenvalue weighted by molar-refractivity contribution is 0.102. The van der Waals surface area contributed by atoms with Crippen LogP contribution >= 0.6 is 0 Å². The van der Waals surface area contributed by atoms with Crippen LogP contribution in [-0.4, -0.2) is 28.0 Å². The summed E-state index contributed by atoms with van der Waals surface area (Å²) in [6.45, 7) is 0.820. The van der Waals surface area contributed by atoms with E-state index in [0.717, 1.165) is 16.8 Å². The number of amides is 1. The van der Waals surface area contributed by atoms with Crippen LogP contribution in [0.5, 0.6) is 5.75 Å². The molecule has 0 bridgehead atoms.